The molecule has 1 amide bonds. The topological polar surface area (TPSA) is 50.4 Å². The number of rotatable bonds is 9. The number of hydrogen-bond acceptors (Lipinski definition) is 3. The molecule has 24 heavy (non-hydrogen) atoms. The van der Waals surface area contributed by atoms with Crippen LogP contribution in [-0.4, -0.2) is 32.1 Å². The first-order chi connectivity index (χ1) is 11.2. The molecule has 0 saturated carbocycles. The highest BCUT2D eigenvalue weighted by Crippen LogP contribution is 2.16. The van der Waals surface area contributed by atoms with E-state index in [2.05, 4.69) is 26.6 Å². The Morgan fingerprint density at radius 1 is 1.29 bits per heavy atom. The molecule has 1 aromatic carbocycles. The number of ether oxygens (including phenoxy) is 1. The minimum absolute atomic E-state index is 0. The third kappa shape index (κ3) is 8.90. The number of nitrogens with one attached hydrogen (secondary N) is 2. The van der Waals surface area contributed by atoms with Gasteiger partial charge in [-0.2, -0.15) is 0 Å². The van der Waals surface area contributed by atoms with Crippen molar-refractivity contribution in [3.05, 3.63) is 28.7 Å². The predicted octanol–water partition coefficient (Wildman–Crippen LogP) is 3.93. The SMILES string of the molecule is Cl.O=C(CCCCOc1ccc(Br)cc1)NCCC1CCCNC1. The summed E-state index contributed by atoms with van der Waals surface area (Å²) in [6.45, 7) is 3.71. The molecule has 0 bridgehead atoms. The lowest BCUT2D eigenvalue weighted by Gasteiger charge is -2.22. The van der Waals surface area contributed by atoms with E-state index in [1.807, 2.05) is 24.3 Å². The molecule has 1 aliphatic heterocycles. The molecule has 1 heterocycles. The van der Waals surface area contributed by atoms with Crippen LogP contribution in [0.4, 0.5) is 0 Å². The maximum Gasteiger partial charge on any atom is 0.219 e. The molecule has 2 rings (SSSR count). The van der Waals surface area contributed by atoms with E-state index < -0.39 is 0 Å². The number of halogens is 2. The van der Waals surface area contributed by atoms with Gasteiger partial charge in [0.05, 0.1) is 6.61 Å². The zero-order chi connectivity index (χ0) is 16.3. The van der Waals surface area contributed by atoms with Crippen LogP contribution in [0.5, 0.6) is 5.75 Å². The lowest BCUT2D eigenvalue weighted by atomic mass is 9.96. The standard InChI is InChI=1S/C18H27BrN2O2.ClH/c19-16-6-8-17(9-7-16)23-13-2-1-5-18(22)21-12-10-15-4-3-11-20-14-15;/h6-9,15,20H,1-5,10-14H2,(H,21,22);1H. The molecule has 1 saturated heterocycles. The minimum Gasteiger partial charge on any atom is -0.494 e. The number of carbonyl (C=O) groups is 1. The molecule has 6 heteroatoms. The van der Waals surface area contributed by atoms with Crippen molar-refractivity contribution in [2.75, 3.05) is 26.2 Å². The molecular formula is C18H28BrClN2O2. The molecule has 0 spiro atoms. The van der Waals surface area contributed by atoms with Crippen LogP contribution in [-0.2, 0) is 4.79 Å². The average Bonchev–Trinajstić information content (AvgIpc) is 2.57. The molecule has 1 fully saturated rings. The molecule has 1 atom stereocenters. The summed E-state index contributed by atoms with van der Waals surface area (Å²) in [6, 6.07) is 7.81. The van der Waals surface area contributed by atoms with Crippen molar-refractivity contribution in [1.82, 2.24) is 10.6 Å². The first-order valence-electron chi connectivity index (χ1n) is 8.60. The van der Waals surface area contributed by atoms with Gasteiger partial charge in [-0.25, -0.2) is 0 Å². The van der Waals surface area contributed by atoms with Crippen LogP contribution in [0.3, 0.4) is 0 Å². The van der Waals surface area contributed by atoms with Crippen molar-refractivity contribution >= 4 is 34.2 Å². The second-order valence-corrected chi connectivity index (χ2v) is 7.03. The van der Waals surface area contributed by atoms with Crippen LogP contribution in [0.2, 0.25) is 0 Å². The van der Waals surface area contributed by atoms with Crippen LogP contribution in [0.1, 0.15) is 38.5 Å². The van der Waals surface area contributed by atoms with E-state index in [4.69, 9.17) is 4.74 Å². The highest BCUT2D eigenvalue weighted by atomic mass is 79.9. The van der Waals surface area contributed by atoms with Gasteiger partial charge in [-0.05, 0) is 75.4 Å². The van der Waals surface area contributed by atoms with E-state index in [-0.39, 0.29) is 18.3 Å². The summed E-state index contributed by atoms with van der Waals surface area (Å²) < 4.78 is 6.69. The van der Waals surface area contributed by atoms with E-state index in [1.54, 1.807) is 0 Å². The average molecular weight is 420 g/mol. The Balaban J connectivity index is 0.00000288. The van der Waals surface area contributed by atoms with Gasteiger partial charge in [0.1, 0.15) is 5.75 Å². The van der Waals surface area contributed by atoms with Crippen LogP contribution < -0.4 is 15.4 Å². The largest absolute Gasteiger partial charge is 0.494 e. The van der Waals surface area contributed by atoms with Gasteiger partial charge in [0.2, 0.25) is 5.91 Å². The Hall–Kier alpha value is -0.780. The zero-order valence-electron chi connectivity index (χ0n) is 14.1. The number of unbranched alkanes of at least 4 members (excludes halogenated alkanes) is 1. The number of benzene rings is 1. The fraction of sp³-hybridized carbons (Fsp3) is 0.611. The quantitative estimate of drug-likeness (QED) is 0.596. The van der Waals surface area contributed by atoms with Crippen molar-refractivity contribution in [2.24, 2.45) is 5.92 Å². The molecule has 2 N–H and O–H groups in total. The Labute approximate surface area is 159 Å². The van der Waals surface area contributed by atoms with Crippen LogP contribution in [0.15, 0.2) is 28.7 Å². The summed E-state index contributed by atoms with van der Waals surface area (Å²) in [5.74, 6) is 1.76. The van der Waals surface area contributed by atoms with E-state index >= 15 is 0 Å². The van der Waals surface area contributed by atoms with Crippen molar-refractivity contribution in [2.45, 2.75) is 38.5 Å². The summed E-state index contributed by atoms with van der Waals surface area (Å²) in [6.07, 6.45) is 5.99. The molecule has 4 nitrogen and oxygen atoms in total. The van der Waals surface area contributed by atoms with Crippen LogP contribution >= 0.6 is 28.3 Å². The summed E-state index contributed by atoms with van der Waals surface area (Å²) >= 11 is 3.40. The van der Waals surface area contributed by atoms with Gasteiger partial charge in [-0.15, -0.1) is 12.4 Å². The second kappa shape index (κ2) is 12.6. The molecule has 0 aliphatic carbocycles. The van der Waals surface area contributed by atoms with Crippen molar-refractivity contribution in [3.63, 3.8) is 0 Å². The van der Waals surface area contributed by atoms with Crippen molar-refractivity contribution < 1.29 is 9.53 Å². The maximum absolute atomic E-state index is 11.8. The number of piperidine rings is 1. The van der Waals surface area contributed by atoms with Gasteiger partial charge in [0.25, 0.3) is 0 Å². The van der Waals surface area contributed by atoms with Gasteiger partial charge in [0, 0.05) is 17.4 Å². The molecule has 1 unspecified atom stereocenters. The summed E-state index contributed by atoms with van der Waals surface area (Å²) in [7, 11) is 0. The molecule has 1 aliphatic rings. The minimum atomic E-state index is 0. The fourth-order valence-electron chi connectivity index (χ4n) is 2.78. The van der Waals surface area contributed by atoms with Gasteiger partial charge in [-0.1, -0.05) is 15.9 Å². The molecular weight excluding hydrogens is 392 g/mol. The van der Waals surface area contributed by atoms with Crippen molar-refractivity contribution in [1.29, 1.82) is 0 Å². The summed E-state index contributed by atoms with van der Waals surface area (Å²) in [4.78, 5) is 11.8. The number of amides is 1. The number of hydrogen-bond donors (Lipinski definition) is 2. The Bertz CT molecular complexity index is 465. The zero-order valence-corrected chi connectivity index (χ0v) is 16.5. The lowest BCUT2D eigenvalue weighted by molar-refractivity contribution is -0.121. The molecule has 1 aromatic rings. The van der Waals surface area contributed by atoms with Gasteiger partial charge in [0.15, 0.2) is 0 Å². The first kappa shape index (κ1) is 21.3. The molecule has 136 valence electrons. The Morgan fingerprint density at radius 2 is 2.08 bits per heavy atom. The van der Waals surface area contributed by atoms with Crippen LogP contribution in [0, 0.1) is 5.92 Å². The van der Waals surface area contributed by atoms with Gasteiger partial charge >= 0.3 is 0 Å². The van der Waals surface area contributed by atoms with Gasteiger partial charge < -0.3 is 15.4 Å². The van der Waals surface area contributed by atoms with E-state index in [9.17, 15) is 4.79 Å². The Kier molecular flexibility index (Phi) is 11.1. The smallest absolute Gasteiger partial charge is 0.219 e. The first-order valence-corrected chi connectivity index (χ1v) is 9.39. The summed E-state index contributed by atoms with van der Waals surface area (Å²) in [5, 5.41) is 6.44. The Morgan fingerprint density at radius 3 is 2.79 bits per heavy atom. The molecule has 0 aromatic heterocycles. The normalized spacial score (nSPS) is 17.0. The third-order valence-corrected chi connectivity index (χ3v) is 4.68. The predicted molar refractivity (Wildman–Crippen MR) is 104 cm³/mol. The van der Waals surface area contributed by atoms with E-state index in [0.29, 0.717) is 13.0 Å². The summed E-state index contributed by atoms with van der Waals surface area (Å²) in [5.41, 5.74) is 0. The van der Waals surface area contributed by atoms with E-state index in [0.717, 1.165) is 55.0 Å². The van der Waals surface area contributed by atoms with Gasteiger partial charge in [-0.3, -0.25) is 4.79 Å². The van der Waals surface area contributed by atoms with Crippen LogP contribution in [0.25, 0.3) is 0 Å². The monoisotopic (exact) mass is 418 g/mol. The maximum atomic E-state index is 11.8. The number of carbonyl (C=O) groups excluding carboxylic acids is 1. The third-order valence-electron chi connectivity index (χ3n) is 4.15. The second-order valence-electron chi connectivity index (χ2n) is 6.11. The highest BCUT2D eigenvalue weighted by Gasteiger charge is 2.12. The van der Waals surface area contributed by atoms with E-state index in [1.165, 1.54) is 12.8 Å². The molecule has 0 radical (unpaired) electrons. The fourth-order valence-corrected chi connectivity index (χ4v) is 3.05. The highest BCUT2D eigenvalue weighted by molar-refractivity contribution is 9.10. The lowest BCUT2D eigenvalue weighted by Crippen LogP contribution is -2.33. The van der Waals surface area contributed by atoms with Crippen molar-refractivity contribution in [3.8, 4) is 5.75 Å².